The van der Waals surface area contributed by atoms with E-state index in [-0.39, 0.29) is 12.5 Å². The summed E-state index contributed by atoms with van der Waals surface area (Å²) < 4.78 is 10.6. The number of para-hydroxylation sites is 1. The Hall–Kier alpha value is -3.41. The number of nitrogens with one attached hydrogen (secondary N) is 1. The highest BCUT2D eigenvalue weighted by molar-refractivity contribution is 6.05. The zero-order valence-electron chi connectivity index (χ0n) is 17.6. The second-order valence-electron chi connectivity index (χ2n) is 7.69. The SMILES string of the molecule is COc1ccc(CNC(=O)COC(=O)c2c3c(nc4ccccc24)CCCCC3)cc1. The Balaban J connectivity index is 1.45. The monoisotopic (exact) mass is 418 g/mol. The smallest absolute Gasteiger partial charge is 0.339 e. The fourth-order valence-electron chi connectivity index (χ4n) is 3.98. The van der Waals surface area contributed by atoms with Gasteiger partial charge < -0.3 is 14.8 Å². The van der Waals surface area contributed by atoms with Crippen LogP contribution in [0.4, 0.5) is 0 Å². The molecular weight excluding hydrogens is 392 g/mol. The molecule has 160 valence electrons. The number of aryl methyl sites for hydroxylation is 1. The minimum absolute atomic E-state index is 0.319. The molecule has 31 heavy (non-hydrogen) atoms. The molecule has 1 aliphatic carbocycles. The van der Waals surface area contributed by atoms with Crippen LogP contribution in [0.25, 0.3) is 10.9 Å². The first-order valence-electron chi connectivity index (χ1n) is 10.6. The summed E-state index contributed by atoms with van der Waals surface area (Å²) in [5.41, 5.74) is 4.24. The van der Waals surface area contributed by atoms with E-state index in [1.807, 2.05) is 48.5 Å². The molecule has 0 spiro atoms. The van der Waals surface area contributed by atoms with Gasteiger partial charge in [-0.15, -0.1) is 0 Å². The number of hydrogen-bond donors (Lipinski definition) is 1. The molecule has 0 bridgehead atoms. The van der Waals surface area contributed by atoms with Crippen LogP contribution in [-0.4, -0.2) is 30.6 Å². The minimum Gasteiger partial charge on any atom is -0.497 e. The molecule has 0 saturated heterocycles. The van der Waals surface area contributed by atoms with E-state index in [2.05, 4.69) is 5.32 Å². The minimum atomic E-state index is -0.462. The summed E-state index contributed by atoms with van der Waals surface area (Å²) >= 11 is 0. The number of pyridine rings is 1. The topological polar surface area (TPSA) is 77.5 Å². The first-order valence-corrected chi connectivity index (χ1v) is 10.6. The molecule has 6 heteroatoms. The Morgan fingerprint density at radius 3 is 2.58 bits per heavy atom. The number of esters is 1. The molecule has 0 unspecified atom stereocenters. The number of fused-ring (bicyclic) bond motifs is 2. The predicted octanol–water partition coefficient (Wildman–Crippen LogP) is 3.99. The van der Waals surface area contributed by atoms with E-state index in [0.29, 0.717) is 12.1 Å². The lowest BCUT2D eigenvalue weighted by Crippen LogP contribution is -2.28. The van der Waals surface area contributed by atoms with Crippen LogP contribution in [0, 0.1) is 0 Å². The molecular formula is C25H26N2O4. The summed E-state index contributed by atoms with van der Waals surface area (Å²) in [5, 5.41) is 3.57. The Kier molecular flexibility index (Phi) is 6.46. The van der Waals surface area contributed by atoms with Gasteiger partial charge in [-0.3, -0.25) is 9.78 Å². The molecule has 1 amide bonds. The molecule has 4 rings (SSSR count). The highest BCUT2D eigenvalue weighted by atomic mass is 16.5. The van der Waals surface area contributed by atoms with Gasteiger partial charge in [-0.2, -0.15) is 0 Å². The van der Waals surface area contributed by atoms with Crippen molar-refractivity contribution in [3.05, 3.63) is 70.9 Å². The molecule has 1 heterocycles. The second kappa shape index (κ2) is 9.60. The molecule has 1 N–H and O–H groups in total. The van der Waals surface area contributed by atoms with Crippen LogP contribution in [0.2, 0.25) is 0 Å². The number of hydrogen-bond acceptors (Lipinski definition) is 5. The first-order chi connectivity index (χ1) is 15.2. The van der Waals surface area contributed by atoms with Crippen molar-refractivity contribution in [2.24, 2.45) is 0 Å². The number of methoxy groups -OCH3 is 1. The van der Waals surface area contributed by atoms with Gasteiger partial charge in [0.25, 0.3) is 5.91 Å². The number of carbonyl (C=O) groups excluding carboxylic acids is 2. The van der Waals surface area contributed by atoms with Crippen LogP contribution in [0.1, 0.15) is 46.4 Å². The Morgan fingerprint density at radius 2 is 1.77 bits per heavy atom. The summed E-state index contributed by atoms with van der Waals surface area (Å²) in [5.74, 6) is -0.0438. The van der Waals surface area contributed by atoms with Gasteiger partial charge in [0.2, 0.25) is 0 Å². The number of carbonyl (C=O) groups is 2. The zero-order valence-corrected chi connectivity index (χ0v) is 17.6. The fourth-order valence-corrected chi connectivity index (χ4v) is 3.98. The van der Waals surface area contributed by atoms with Crippen molar-refractivity contribution in [3.63, 3.8) is 0 Å². The lowest BCUT2D eigenvalue weighted by atomic mass is 9.97. The Morgan fingerprint density at radius 1 is 1.00 bits per heavy atom. The molecule has 2 aromatic carbocycles. The van der Waals surface area contributed by atoms with Gasteiger partial charge in [-0.25, -0.2) is 4.79 Å². The lowest BCUT2D eigenvalue weighted by molar-refractivity contribution is -0.124. The quantitative estimate of drug-likeness (QED) is 0.484. The third-order valence-electron chi connectivity index (χ3n) is 5.61. The molecule has 0 aliphatic heterocycles. The third-order valence-corrected chi connectivity index (χ3v) is 5.61. The van der Waals surface area contributed by atoms with Crippen molar-refractivity contribution in [1.82, 2.24) is 10.3 Å². The van der Waals surface area contributed by atoms with E-state index in [4.69, 9.17) is 14.5 Å². The van der Waals surface area contributed by atoms with E-state index in [9.17, 15) is 9.59 Å². The average molecular weight is 418 g/mol. The maximum Gasteiger partial charge on any atom is 0.339 e. The predicted molar refractivity (Wildman–Crippen MR) is 118 cm³/mol. The van der Waals surface area contributed by atoms with Crippen molar-refractivity contribution in [2.75, 3.05) is 13.7 Å². The summed E-state index contributed by atoms with van der Waals surface area (Å²) in [6.45, 7) is 0.0361. The van der Waals surface area contributed by atoms with Gasteiger partial charge >= 0.3 is 5.97 Å². The summed E-state index contributed by atoms with van der Waals surface area (Å²) in [4.78, 5) is 30.1. The number of benzene rings is 2. The maximum absolute atomic E-state index is 13.0. The van der Waals surface area contributed by atoms with Crippen LogP contribution in [-0.2, 0) is 28.9 Å². The molecule has 0 saturated carbocycles. The van der Waals surface area contributed by atoms with Crippen molar-refractivity contribution >= 4 is 22.8 Å². The maximum atomic E-state index is 13.0. The van der Waals surface area contributed by atoms with Crippen LogP contribution in [0.15, 0.2) is 48.5 Å². The van der Waals surface area contributed by atoms with Gasteiger partial charge in [0, 0.05) is 17.6 Å². The van der Waals surface area contributed by atoms with Crippen molar-refractivity contribution in [3.8, 4) is 5.75 Å². The normalized spacial score (nSPS) is 13.2. The Labute approximate surface area is 181 Å². The van der Waals surface area contributed by atoms with Gasteiger partial charge in [0.05, 0.1) is 18.2 Å². The summed E-state index contributed by atoms with van der Waals surface area (Å²) in [6.07, 6.45) is 4.88. The van der Waals surface area contributed by atoms with Crippen molar-refractivity contribution in [2.45, 2.75) is 38.6 Å². The third kappa shape index (κ3) is 4.85. The summed E-state index contributed by atoms with van der Waals surface area (Å²) in [6, 6.07) is 15.1. The first kappa shape index (κ1) is 20.8. The van der Waals surface area contributed by atoms with Crippen LogP contribution in [0.3, 0.4) is 0 Å². The van der Waals surface area contributed by atoms with E-state index in [0.717, 1.165) is 65.6 Å². The zero-order chi connectivity index (χ0) is 21.6. The fraction of sp³-hybridized carbons (Fsp3) is 0.320. The number of ether oxygens (including phenoxy) is 2. The molecule has 3 aromatic rings. The van der Waals surface area contributed by atoms with Gasteiger partial charge in [0.1, 0.15) is 5.75 Å². The number of amides is 1. The van der Waals surface area contributed by atoms with Crippen molar-refractivity contribution < 1.29 is 19.1 Å². The lowest BCUT2D eigenvalue weighted by Gasteiger charge is -2.15. The molecule has 0 atom stereocenters. The number of aromatic nitrogens is 1. The van der Waals surface area contributed by atoms with Gasteiger partial charge in [-0.1, -0.05) is 36.8 Å². The van der Waals surface area contributed by atoms with Crippen molar-refractivity contribution in [1.29, 1.82) is 0 Å². The molecule has 0 fully saturated rings. The standard InChI is InChI=1S/C25H26N2O4/c1-30-18-13-11-17(12-14-18)15-26-23(28)16-31-25(29)24-19-7-3-2-4-9-21(19)27-22-10-6-5-8-20(22)24/h5-6,8,10-14H,2-4,7,9,15-16H2,1H3,(H,26,28). The molecule has 6 nitrogen and oxygen atoms in total. The van der Waals surface area contributed by atoms with Gasteiger partial charge in [-0.05, 0) is 55.0 Å². The number of nitrogens with zero attached hydrogens (tertiary/aromatic N) is 1. The molecule has 0 radical (unpaired) electrons. The van der Waals surface area contributed by atoms with Crippen LogP contribution < -0.4 is 10.1 Å². The van der Waals surface area contributed by atoms with E-state index >= 15 is 0 Å². The Bertz CT molecular complexity index is 1090. The van der Waals surface area contributed by atoms with E-state index < -0.39 is 5.97 Å². The van der Waals surface area contributed by atoms with E-state index in [1.165, 1.54) is 0 Å². The van der Waals surface area contributed by atoms with Gasteiger partial charge in [0.15, 0.2) is 6.61 Å². The average Bonchev–Trinajstić information content (AvgIpc) is 3.05. The summed E-state index contributed by atoms with van der Waals surface area (Å²) in [7, 11) is 1.61. The van der Waals surface area contributed by atoms with E-state index in [1.54, 1.807) is 7.11 Å². The second-order valence-corrected chi connectivity index (χ2v) is 7.69. The molecule has 1 aromatic heterocycles. The van der Waals surface area contributed by atoms with Crippen LogP contribution in [0.5, 0.6) is 5.75 Å². The van der Waals surface area contributed by atoms with Crippen LogP contribution >= 0.6 is 0 Å². The number of rotatable bonds is 6. The largest absolute Gasteiger partial charge is 0.497 e. The highest BCUT2D eigenvalue weighted by Gasteiger charge is 2.23. The molecule has 1 aliphatic rings. The highest BCUT2D eigenvalue weighted by Crippen LogP contribution is 2.29.